The lowest BCUT2D eigenvalue weighted by Crippen LogP contribution is -2.27. The van der Waals surface area contributed by atoms with E-state index in [1.54, 1.807) is 0 Å². The largest absolute Gasteiger partial charge is 0.451 e. The Morgan fingerprint density at radius 2 is 2.22 bits per heavy atom. The maximum atomic E-state index is 8.97. The van der Waals surface area contributed by atoms with E-state index < -0.39 is 0 Å². The van der Waals surface area contributed by atoms with E-state index in [2.05, 4.69) is 22.6 Å². The van der Waals surface area contributed by atoms with Gasteiger partial charge in [0.2, 0.25) is 0 Å². The zero-order valence-electron chi connectivity index (χ0n) is 5.68. The highest BCUT2D eigenvalue weighted by molar-refractivity contribution is 14.1. The molecule has 0 atom stereocenters. The molecule has 0 radical (unpaired) electrons. The summed E-state index contributed by atoms with van der Waals surface area (Å²) in [6, 6.07) is 0. The monoisotopic (exact) mass is 238 g/mol. The molecule has 0 aromatic rings. The number of rotatable bonds is 2. The van der Waals surface area contributed by atoms with Crippen LogP contribution >= 0.6 is 22.6 Å². The molecule has 0 unspecified atom stereocenters. The average Bonchev–Trinajstić information content (AvgIpc) is 1.60. The van der Waals surface area contributed by atoms with E-state index >= 15 is 0 Å². The van der Waals surface area contributed by atoms with Gasteiger partial charge < -0.3 is 5.02 Å². The maximum absolute atomic E-state index is 8.97. The Morgan fingerprint density at radius 1 is 1.67 bits per heavy atom. The highest BCUT2D eigenvalue weighted by Crippen LogP contribution is 2.36. The minimum atomic E-state index is -0.0844. The van der Waals surface area contributed by atoms with Gasteiger partial charge in [0.15, 0.2) is 0 Å². The van der Waals surface area contributed by atoms with E-state index in [1.807, 2.05) is 6.82 Å². The van der Waals surface area contributed by atoms with Gasteiger partial charge in [-0.1, -0.05) is 29.4 Å². The third-order valence-corrected chi connectivity index (χ3v) is 2.87. The summed E-state index contributed by atoms with van der Waals surface area (Å²) in [5.74, 6) is 0.826. The molecule has 0 saturated heterocycles. The molecule has 1 N–H and O–H groups in total. The maximum Gasteiger partial charge on any atom is 0.286 e. The van der Waals surface area contributed by atoms with Gasteiger partial charge in [0, 0.05) is 3.92 Å². The van der Waals surface area contributed by atoms with Crippen molar-refractivity contribution in [3.63, 3.8) is 0 Å². The molecule has 0 aromatic carbocycles. The van der Waals surface area contributed by atoms with Crippen molar-refractivity contribution in [3.05, 3.63) is 0 Å². The van der Waals surface area contributed by atoms with Gasteiger partial charge in [-0.25, -0.2) is 0 Å². The van der Waals surface area contributed by atoms with Crippen LogP contribution in [0.2, 0.25) is 13.1 Å². The normalized spacial score (nSPS) is 33.7. The lowest BCUT2D eigenvalue weighted by Gasteiger charge is -2.31. The molecular weight excluding hydrogens is 226 g/mol. The van der Waals surface area contributed by atoms with E-state index in [0.29, 0.717) is 0 Å². The molecule has 1 nitrogen and oxygen atoms in total. The minimum absolute atomic E-state index is 0.0844. The van der Waals surface area contributed by atoms with E-state index in [4.69, 9.17) is 5.02 Å². The zero-order chi connectivity index (χ0) is 6.85. The predicted molar refractivity (Wildman–Crippen MR) is 49.2 cm³/mol. The van der Waals surface area contributed by atoms with Gasteiger partial charge >= 0.3 is 0 Å². The first-order valence-electron chi connectivity index (χ1n) is 3.50. The fourth-order valence-electron chi connectivity index (χ4n) is 1.33. The fourth-order valence-corrected chi connectivity index (χ4v) is 2.77. The Bertz CT molecular complexity index is 91.1. The van der Waals surface area contributed by atoms with Crippen LogP contribution in [0.5, 0.6) is 0 Å². The van der Waals surface area contributed by atoms with Gasteiger partial charge in [-0.05, 0) is 25.1 Å². The minimum Gasteiger partial charge on any atom is -0.451 e. The molecule has 1 rings (SSSR count). The van der Waals surface area contributed by atoms with Crippen LogP contribution in [0.25, 0.3) is 0 Å². The molecule has 0 heterocycles. The van der Waals surface area contributed by atoms with E-state index in [1.165, 1.54) is 12.8 Å². The van der Waals surface area contributed by atoms with Gasteiger partial charge in [-0.15, -0.1) is 0 Å². The summed E-state index contributed by atoms with van der Waals surface area (Å²) in [6.45, 7) is 1.79. The Balaban J connectivity index is 2.04. The lowest BCUT2D eigenvalue weighted by molar-refractivity contribution is 0.360. The van der Waals surface area contributed by atoms with Crippen molar-refractivity contribution < 1.29 is 5.02 Å². The van der Waals surface area contributed by atoms with Gasteiger partial charge in [0.05, 0.1) is 0 Å². The lowest BCUT2D eigenvalue weighted by atomic mass is 9.60. The number of halogens is 1. The Labute approximate surface area is 70.5 Å². The van der Waals surface area contributed by atoms with Crippen molar-refractivity contribution in [2.45, 2.75) is 29.9 Å². The van der Waals surface area contributed by atoms with Crippen molar-refractivity contribution in [2.24, 2.45) is 5.92 Å². The summed E-state index contributed by atoms with van der Waals surface area (Å²) in [4.78, 5) is 0. The molecule has 0 bridgehead atoms. The van der Waals surface area contributed by atoms with Crippen molar-refractivity contribution in [3.8, 4) is 0 Å². The van der Waals surface area contributed by atoms with Crippen LogP contribution in [0.3, 0.4) is 0 Å². The van der Waals surface area contributed by atoms with Gasteiger partial charge in [0.25, 0.3) is 6.92 Å². The van der Waals surface area contributed by atoms with Crippen LogP contribution in [0, 0.1) is 5.92 Å². The van der Waals surface area contributed by atoms with Crippen molar-refractivity contribution >= 4 is 29.5 Å². The second-order valence-electron chi connectivity index (χ2n) is 3.02. The summed E-state index contributed by atoms with van der Waals surface area (Å²) in [7, 11) is 0. The zero-order valence-corrected chi connectivity index (χ0v) is 7.84. The number of hydrogen-bond donors (Lipinski definition) is 1. The van der Waals surface area contributed by atoms with Crippen LogP contribution < -0.4 is 0 Å². The van der Waals surface area contributed by atoms with E-state index in [-0.39, 0.29) is 6.92 Å². The second kappa shape index (κ2) is 3.24. The van der Waals surface area contributed by atoms with Crippen LogP contribution in [0.1, 0.15) is 12.8 Å². The average molecular weight is 238 g/mol. The molecular formula is C6H12BIO. The molecule has 1 aliphatic rings. The van der Waals surface area contributed by atoms with Crippen LogP contribution in [0.4, 0.5) is 0 Å². The van der Waals surface area contributed by atoms with Crippen molar-refractivity contribution in [1.29, 1.82) is 0 Å². The van der Waals surface area contributed by atoms with E-state index in [0.717, 1.165) is 16.2 Å². The van der Waals surface area contributed by atoms with Gasteiger partial charge in [-0.2, -0.15) is 0 Å². The molecule has 9 heavy (non-hydrogen) atoms. The topological polar surface area (TPSA) is 20.2 Å². The molecule has 52 valence electrons. The van der Waals surface area contributed by atoms with Crippen LogP contribution in [-0.4, -0.2) is 15.9 Å². The van der Waals surface area contributed by atoms with Gasteiger partial charge in [-0.3, -0.25) is 0 Å². The first-order chi connectivity index (χ1) is 4.18. The quantitative estimate of drug-likeness (QED) is 0.441. The molecule has 1 fully saturated rings. The molecule has 0 spiro atoms. The fraction of sp³-hybridized carbons (Fsp3) is 1.00. The standard InChI is InChI=1S/C6H12BIO/c1-7(9)4-5-2-6(8)3-5/h5-6,9H,2-4H2,1H3. The first-order valence-corrected chi connectivity index (χ1v) is 4.75. The summed E-state index contributed by atoms with van der Waals surface area (Å²) in [6.07, 6.45) is 3.66. The summed E-state index contributed by atoms with van der Waals surface area (Å²) >= 11 is 2.47. The predicted octanol–water partition coefficient (Wildman–Crippen LogP) is 1.81. The Morgan fingerprint density at radius 3 is 2.56 bits per heavy atom. The Kier molecular flexibility index (Phi) is 2.83. The molecule has 0 aromatic heterocycles. The number of hydrogen-bond acceptors (Lipinski definition) is 1. The smallest absolute Gasteiger partial charge is 0.286 e. The summed E-state index contributed by atoms with van der Waals surface area (Å²) < 4.78 is 0.895. The van der Waals surface area contributed by atoms with Crippen molar-refractivity contribution in [2.75, 3.05) is 0 Å². The summed E-state index contributed by atoms with van der Waals surface area (Å²) in [5, 5.41) is 8.97. The van der Waals surface area contributed by atoms with Crippen LogP contribution in [-0.2, 0) is 0 Å². The first kappa shape index (κ1) is 7.86. The third-order valence-electron chi connectivity index (χ3n) is 1.85. The number of alkyl halides is 1. The SMILES string of the molecule is CB(O)CC1CC(I)C1. The highest BCUT2D eigenvalue weighted by atomic mass is 127. The van der Waals surface area contributed by atoms with Gasteiger partial charge in [0.1, 0.15) is 0 Å². The molecule has 0 amide bonds. The molecule has 1 aliphatic carbocycles. The Hall–Kier alpha value is 0.755. The molecule has 1 saturated carbocycles. The third kappa shape index (κ3) is 2.46. The molecule has 0 aliphatic heterocycles. The van der Waals surface area contributed by atoms with Crippen molar-refractivity contribution in [1.82, 2.24) is 0 Å². The summed E-state index contributed by atoms with van der Waals surface area (Å²) in [5.41, 5.74) is 0. The van der Waals surface area contributed by atoms with E-state index in [9.17, 15) is 0 Å². The highest BCUT2D eigenvalue weighted by Gasteiger charge is 2.28. The molecule has 3 heteroatoms. The second-order valence-corrected chi connectivity index (χ2v) is 4.78. The van der Waals surface area contributed by atoms with Crippen LogP contribution in [0.15, 0.2) is 0 Å².